The number of fused-ring (bicyclic) bond motifs is 1. The van der Waals surface area contributed by atoms with Crippen molar-refractivity contribution < 1.29 is 36.7 Å². The fraction of sp³-hybridized carbons (Fsp3) is 0.468. The number of likely N-dealkylation sites (tertiary alicyclic amines) is 1. The van der Waals surface area contributed by atoms with Crippen LogP contribution in [0.3, 0.4) is 0 Å². The lowest BCUT2D eigenvalue weighted by molar-refractivity contribution is -0.140. The summed E-state index contributed by atoms with van der Waals surface area (Å²) in [5.74, 6) is -1.46. The van der Waals surface area contributed by atoms with Gasteiger partial charge in [0.1, 0.15) is 51.7 Å². The molecule has 3 aliphatic rings. The number of nitrogens with one attached hydrogen (secondary N) is 3. The number of rotatable bonds is 20. The first kappa shape index (κ1) is 45.7. The Labute approximate surface area is 373 Å². The zero-order valence-electron chi connectivity index (χ0n) is 36.5. The standard InChI is InChI=1S/C47H57FN6O7S2/c1-8-10-11-12-13-14-35(49-32-17-15-31(48)16-18-32)44(56)54-26-33(23-38(54)42(55)52-47(25-30(47)9-2)45(57)53-63(58,59)46(6)21-22-46)61-40-24-36(43-51-37(27-62-43)28(3)4)50-41-29(5)39(60-7)20-19-34(40)41/h8-9,15-20,24,27-28,30,33,35,38,49H,1-2,10-14,21-23,25-26H2,3-7H3,(H,52,55)(H,53,57)/t30-,33-,35+,38+,47-/m1/s1. The second kappa shape index (κ2) is 18.4. The monoisotopic (exact) mass is 900 g/mol. The van der Waals surface area contributed by atoms with Crippen LogP contribution in [0.15, 0.2) is 73.2 Å². The number of unbranched alkanes of at least 4 members (excludes halogenated alkanes) is 3. The summed E-state index contributed by atoms with van der Waals surface area (Å²) in [7, 11) is -2.42. The third kappa shape index (κ3) is 9.62. The molecule has 1 saturated heterocycles. The van der Waals surface area contributed by atoms with Crippen LogP contribution in [-0.2, 0) is 24.4 Å². The first-order valence-electron chi connectivity index (χ1n) is 21.6. The Balaban J connectivity index is 1.23. The van der Waals surface area contributed by atoms with Crippen LogP contribution >= 0.6 is 11.3 Å². The van der Waals surface area contributed by atoms with Crippen molar-refractivity contribution in [3.63, 3.8) is 0 Å². The maximum Gasteiger partial charge on any atom is 0.259 e. The van der Waals surface area contributed by atoms with Crippen molar-refractivity contribution in [1.82, 2.24) is 24.9 Å². The van der Waals surface area contributed by atoms with E-state index < -0.39 is 62.0 Å². The molecule has 2 aliphatic carbocycles. The maximum atomic E-state index is 14.9. The smallest absolute Gasteiger partial charge is 0.259 e. The van der Waals surface area contributed by atoms with Crippen LogP contribution < -0.4 is 24.8 Å². The second-order valence-corrected chi connectivity index (χ2v) is 20.6. The predicted octanol–water partition coefficient (Wildman–Crippen LogP) is 7.96. The number of aromatic nitrogens is 2. The third-order valence-corrected chi connectivity index (χ3v) is 15.6. The van der Waals surface area contributed by atoms with Gasteiger partial charge in [-0.25, -0.2) is 22.8 Å². The number of amides is 3. The van der Waals surface area contributed by atoms with Gasteiger partial charge in [0, 0.05) is 40.4 Å². The van der Waals surface area contributed by atoms with Gasteiger partial charge in [-0.05, 0) is 94.7 Å². The molecule has 0 bridgehead atoms. The minimum Gasteiger partial charge on any atom is -0.496 e. The van der Waals surface area contributed by atoms with Gasteiger partial charge in [0.2, 0.25) is 21.8 Å². The van der Waals surface area contributed by atoms with Crippen LogP contribution in [0.1, 0.15) is 95.7 Å². The minimum atomic E-state index is -4.02. The van der Waals surface area contributed by atoms with Gasteiger partial charge in [-0.1, -0.05) is 38.8 Å². The van der Waals surface area contributed by atoms with Gasteiger partial charge in [0.25, 0.3) is 5.91 Å². The molecule has 1 aliphatic heterocycles. The summed E-state index contributed by atoms with van der Waals surface area (Å²) in [5.41, 5.74) is 1.94. The summed E-state index contributed by atoms with van der Waals surface area (Å²) in [6, 6.07) is 9.36. The van der Waals surface area contributed by atoms with Crippen LogP contribution in [0.25, 0.3) is 21.6 Å². The molecule has 16 heteroatoms. The number of allylic oxidation sites excluding steroid dienone is 1. The normalized spacial score (nSPS) is 21.7. The van der Waals surface area contributed by atoms with E-state index in [9.17, 15) is 27.2 Å². The Morgan fingerprint density at radius 1 is 1.06 bits per heavy atom. The summed E-state index contributed by atoms with van der Waals surface area (Å²) in [6.07, 6.45) is 7.37. The highest BCUT2D eigenvalue weighted by molar-refractivity contribution is 7.91. The van der Waals surface area contributed by atoms with E-state index >= 15 is 0 Å². The number of hydrogen-bond donors (Lipinski definition) is 3. The largest absolute Gasteiger partial charge is 0.496 e. The van der Waals surface area contributed by atoms with Gasteiger partial charge in [0.15, 0.2) is 0 Å². The molecular formula is C47H57FN6O7S2. The van der Waals surface area contributed by atoms with E-state index in [2.05, 4.69) is 42.4 Å². The first-order chi connectivity index (χ1) is 30.0. The summed E-state index contributed by atoms with van der Waals surface area (Å²) < 4.78 is 54.0. The van der Waals surface area contributed by atoms with Crippen molar-refractivity contribution in [2.75, 3.05) is 19.0 Å². The number of sulfonamides is 1. The van der Waals surface area contributed by atoms with Gasteiger partial charge in [-0.15, -0.1) is 24.5 Å². The zero-order chi connectivity index (χ0) is 45.3. The SMILES string of the molecule is C=CCCCCC[C@H](Nc1ccc(F)cc1)C(=O)N1C[C@H](Oc2cc(-c3nc(C(C)C)cs3)nc3c(C)c(OC)ccc23)C[C@H]1C(=O)N[C@]1(C(=O)NS(=O)(=O)C2(C)CC2)C[C@H]1C=C. The molecule has 63 heavy (non-hydrogen) atoms. The third-order valence-electron chi connectivity index (χ3n) is 12.6. The number of methoxy groups -OCH3 is 1. The number of nitrogens with zero attached hydrogens (tertiary/aromatic N) is 3. The highest BCUT2D eigenvalue weighted by Crippen LogP contribution is 2.47. The van der Waals surface area contributed by atoms with E-state index in [0.29, 0.717) is 64.5 Å². The number of hydrogen-bond acceptors (Lipinski definition) is 11. The molecule has 3 heterocycles. The predicted molar refractivity (Wildman–Crippen MR) is 244 cm³/mol. The molecule has 0 radical (unpaired) electrons. The molecule has 3 N–H and O–H groups in total. The van der Waals surface area contributed by atoms with Crippen molar-refractivity contribution >= 4 is 55.7 Å². The number of benzene rings is 2. The van der Waals surface area contributed by atoms with Crippen LogP contribution in [0, 0.1) is 18.7 Å². The highest BCUT2D eigenvalue weighted by atomic mass is 32.2. The Kier molecular flexibility index (Phi) is 13.3. The van der Waals surface area contributed by atoms with Crippen LogP contribution in [0.2, 0.25) is 0 Å². The number of halogens is 1. The molecule has 13 nitrogen and oxygen atoms in total. The average Bonchev–Trinajstić information content (AvgIpc) is 4.04. The number of anilines is 1. The van der Waals surface area contributed by atoms with Gasteiger partial charge in [0.05, 0.1) is 29.6 Å². The molecule has 4 aromatic rings. The second-order valence-electron chi connectivity index (χ2n) is 17.5. The van der Waals surface area contributed by atoms with Crippen molar-refractivity contribution in [3.05, 3.63) is 90.2 Å². The van der Waals surface area contributed by atoms with Gasteiger partial charge in [-0.3, -0.25) is 19.1 Å². The summed E-state index contributed by atoms with van der Waals surface area (Å²) in [5, 5.41) is 9.60. The van der Waals surface area contributed by atoms with Crippen LogP contribution in [-0.4, -0.2) is 83.1 Å². The van der Waals surface area contributed by atoms with Gasteiger partial charge in [-0.2, -0.15) is 0 Å². The Morgan fingerprint density at radius 3 is 2.44 bits per heavy atom. The number of aryl methyl sites for hydroxylation is 1. The highest BCUT2D eigenvalue weighted by Gasteiger charge is 2.63. The Bertz CT molecular complexity index is 2510. The lowest BCUT2D eigenvalue weighted by Crippen LogP contribution is -2.58. The quantitative estimate of drug-likeness (QED) is 0.0585. The van der Waals surface area contributed by atoms with Crippen LogP contribution in [0.4, 0.5) is 10.1 Å². The molecule has 5 atom stereocenters. The van der Waals surface area contributed by atoms with Gasteiger partial charge < -0.3 is 25.0 Å². The maximum absolute atomic E-state index is 14.9. The summed E-state index contributed by atoms with van der Waals surface area (Å²) in [6.45, 7) is 15.3. The fourth-order valence-electron chi connectivity index (χ4n) is 8.17. The van der Waals surface area contributed by atoms with E-state index in [0.717, 1.165) is 30.5 Å². The molecule has 2 aromatic carbocycles. The van der Waals surface area contributed by atoms with E-state index in [4.69, 9.17) is 19.4 Å². The summed E-state index contributed by atoms with van der Waals surface area (Å²) in [4.78, 5) is 54.9. The number of thiazole rings is 1. The number of ether oxygens (including phenoxy) is 2. The van der Waals surface area contributed by atoms with Crippen molar-refractivity contribution in [1.29, 1.82) is 0 Å². The van der Waals surface area contributed by atoms with Crippen molar-refractivity contribution in [3.8, 4) is 22.2 Å². The number of carbonyl (C=O) groups is 3. The molecule has 336 valence electrons. The molecule has 0 unspecified atom stereocenters. The first-order valence-corrected chi connectivity index (χ1v) is 23.9. The lowest BCUT2D eigenvalue weighted by Gasteiger charge is -2.30. The zero-order valence-corrected chi connectivity index (χ0v) is 38.2. The lowest BCUT2D eigenvalue weighted by atomic mass is 10.0. The molecular weight excluding hydrogens is 844 g/mol. The van der Waals surface area contributed by atoms with E-state index in [-0.39, 0.29) is 31.2 Å². The summed E-state index contributed by atoms with van der Waals surface area (Å²) >= 11 is 1.48. The Morgan fingerprint density at radius 2 is 1.81 bits per heavy atom. The minimum absolute atomic E-state index is 0.00877. The molecule has 3 amide bonds. The molecule has 2 aromatic heterocycles. The average molecular weight is 901 g/mol. The van der Waals surface area contributed by atoms with E-state index in [1.165, 1.54) is 34.4 Å². The number of carbonyl (C=O) groups excluding carboxylic acids is 3. The fourth-order valence-corrected chi connectivity index (χ4v) is 10.4. The Hall–Kier alpha value is -5.35. The van der Waals surface area contributed by atoms with E-state index in [1.54, 1.807) is 26.2 Å². The molecule has 0 spiro atoms. The van der Waals surface area contributed by atoms with Crippen LogP contribution in [0.5, 0.6) is 11.5 Å². The van der Waals surface area contributed by atoms with Crippen molar-refractivity contribution in [2.45, 2.75) is 120 Å². The number of pyridine rings is 1. The van der Waals surface area contributed by atoms with Gasteiger partial charge >= 0.3 is 0 Å². The molecule has 7 rings (SSSR count). The molecule has 2 saturated carbocycles. The molecule has 3 fully saturated rings. The van der Waals surface area contributed by atoms with E-state index in [1.807, 2.05) is 36.6 Å². The topological polar surface area (TPSA) is 169 Å². The van der Waals surface area contributed by atoms with Crippen molar-refractivity contribution in [2.24, 2.45) is 5.92 Å².